The molecule has 5 heteroatoms. The maximum absolute atomic E-state index is 13.2. The summed E-state index contributed by atoms with van der Waals surface area (Å²) in [5.74, 6) is -0.700. The number of Topliss-reactive ketones (excluding diaryl/α,β-unsaturated/α-hetero) is 1. The summed E-state index contributed by atoms with van der Waals surface area (Å²) >= 11 is 0. The molecule has 1 fully saturated rings. The predicted octanol–water partition coefficient (Wildman–Crippen LogP) is 2.60. The minimum atomic E-state index is -1.55. The highest BCUT2D eigenvalue weighted by molar-refractivity contribution is 6.18. The molecule has 1 aromatic carbocycles. The van der Waals surface area contributed by atoms with E-state index in [0.717, 1.165) is 0 Å². The summed E-state index contributed by atoms with van der Waals surface area (Å²) in [6.45, 7) is 5.28. The van der Waals surface area contributed by atoms with Gasteiger partial charge in [-0.25, -0.2) is 5.01 Å². The number of fused-ring (bicyclic) bond motifs is 1. The summed E-state index contributed by atoms with van der Waals surface area (Å²) in [6, 6.07) is 8.94. The molecule has 0 spiro atoms. The van der Waals surface area contributed by atoms with Crippen molar-refractivity contribution in [2.24, 2.45) is 16.4 Å². The molecule has 23 heavy (non-hydrogen) atoms. The molecule has 1 heterocycles. The van der Waals surface area contributed by atoms with E-state index >= 15 is 0 Å². The molecule has 1 amide bonds. The number of aliphatic hydroxyl groups is 1. The molecule has 2 aliphatic rings. The molecule has 2 atom stereocenters. The highest BCUT2D eigenvalue weighted by Crippen LogP contribution is 2.55. The van der Waals surface area contributed by atoms with Crippen LogP contribution < -0.4 is 0 Å². The van der Waals surface area contributed by atoms with Gasteiger partial charge < -0.3 is 5.11 Å². The normalized spacial score (nSPS) is 29.6. The molecule has 1 aliphatic heterocycles. The third-order valence-corrected chi connectivity index (χ3v) is 5.10. The van der Waals surface area contributed by atoms with Gasteiger partial charge >= 0.3 is 0 Å². The number of rotatable bonds is 3. The standard InChI is InChI=1S/C18H22N2O3/c1-12(2)16(22)20-18(23)11-7-10-17(18,13(3)19-20)15(21)14-8-5-4-6-9-14/h4-6,8-9,12,23H,7,10-11H2,1-3H3/t17-,18+/m0/s1. The van der Waals surface area contributed by atoms with Crippen LogP contribution in [-0.4, -0.2) is 33.2 Å². The first kappa shape index (κ1) is 15.9. The lowest BCUT2D eigenvalue weighted by atomic mass is 9.71. The lowest BCUT2D eigenvalue weighted by Gasteiger charge is -2.39. The van der Waals surface area contributed by atoms with Crippen LogP contribution in [0.15, 0.2) is 35.4 Å². The van der Waals surface area contributed by atoms with E-state index in [2.05, 4.69) is 5.10 Å². The second-order valence-electron chi connectivity index (χ2n) is 6.76. The number of carbonyl (C=O) groups excluding carboxylic acids is 2. The fraction of sp³-hybridized carbons (Fsp3) is 0.500. The number of hydrogen-bond acceptors (Lipinski definition) is 4. The molecule has 1 N–H and O–H groups in total. The van der Waals surface area contributed by atoms with Crippen molar-refractivity contribution >= 4 is 17.4 Å². The van der Waals surface area contributed by atoms with E-state index < -0.39 is 11.1 Å². The van der Waals surface area contributed by atoms with Gasteiger partial charge in [-0.3, -0.25) is 9.59 Å². The third kappa shape index (κ3) is 1.99. The Morgan fingerprint density at radius 3 is 2.48 bits per heavy atom. The SMILES string of the molecule is CC1=NN(C(=O)C(C)C)[C@@]2(O)CCC[C@@]12C(=O)c1ccccc1. The molecular weight excluding hydrogens is 292 g/mol. The van der Waals surface area contributed by atoms with E-state index in [-0.39, 0.29) is 17.6 Å². The summed E-state index contributed by atoms with van der Waals surface area (Å²) in [6.07, 6.45) is 1.56. The Morgan fingerprint density at radius 1 is 1.22 bits per heavy atom. The smallest absolute Gasteiger partial charge is 0.247 e. The number of nitrogens with zero attached hydrogens (tertiary/aromatic N) is 2. The molecule has 0 saturated heterocycles. The van der Waals surface area contributed by atoms with E-state index in [1.165, 1.54) is 5.01 Å². The van der Waals surface area contributed by atoms with Gasteiger partial charge in [-0.05, 0) is 26.2 Å². The zero-order valence-electron chi connectivity index (χ0n) is 13.7. The molecule has 1 saturated carbocycles. The number of carbonyl (C=O) groups is 2. The molecule has 0 radical (unpaired) electrons. The molecule has 1 aromatic rings. The Kier molecular flexibility index (Phi) is 3.64. The van der Waals surface area contributed by atoms with Crippen LogP contribution in [0.5, 0.6) is 0 Å². The predicted molar refractivity (Wildman–Crippen MR) is 86.8 cm³/mol. The molecule has 0 unspecified atom stereocenters. The van der Waals surface area contributed by atoms with Crippen LogP contribution >= 0.6 is 0 Å². The molecular formula is C18H22N2O3. The zero-order chi connectivity index (χ0) is 16.8. The van der Waals surface area contributed by atoms with Crippen molar-refractivity contribution in [3.05, 3.63) is 35.9 Å². The van der Waals surface area contributed by atoms with Gasteiger partial charge in [-0.1, -0.05) is 44.2 Å². The van der Waals surface area contributed by atoms with Crippen LogP contribution in [-0.2, 0) is 4.79 Å². The average Bonchev–Trinajstić information content (AvgIpc) is 2.99. The Bertz CT molecular complexity index is 683. The highest BCUT2D eigenvalue weighted by Gasteiger charge is 2.68. The minimum Gasteiger partial charge on any atom is -0.368 e. The van der Waals surface area contributed by atoms with Crippen molar-refractivity contribution in [1.82, 2.24) is 5.01 Å². The largest absolute Gasteiger partial charge is 0.368 e. The quantitative estimate of drug-likeness (QED) is 0.872. The van der Waals surface area contributed by atoms with Crippen molar-refractivity contribution in [2.45, 2.75) is 45.8 Å². The van der Waals surface area contributed by atoms with Gasteiger partial charge in [-0.2, -0.15) is 5.10 Å². The van der Waals surface area contributed by atoms with Crippen LogP contribution in [0.2, 0.25) is 0 Å². The van der Waals surface area contributed by atoms with Crippen LogP contribution in [0.1, 0.15) is 50.4 Å². The Hall–Kier alpha value is -2.01. The van der Waals surface area contributed by atoms with E-state index in [4.69, 9.17) is 0 Å². The average molecular weight is 314 g/mol. The van der Waals surface area contributed by atoms with E-state index in [9.17, 15) is 14.7 Å². The lowest BCUT2D eigenvalue weighted by molar-refractivity contribution is -0.168. The summed E-state index contributed by atoms with van der Waals surface area (Å²) < 4.78 is 0. The summed E-state index contributed by atoms with van der Waals surface area (Å²) in [5.41, 5.74) is -1.61. The molecule has 0 bridgehead atoms. The van der Waals surface area contributed by atoms with Gasteiger partial charge in [0.15, 0.2) is 11.5 Å². The highest BCUT2D eigenvalue weighted by atomic mass is 16.3. The zero-order valence-corrected chi connectivity index (χ0v) is 13.7. The molecule has 1 aliphatic carbocycles. The molecule has 5 nitrogen and oxygen atoms in total. The summed E-state index contributed by atoms with van der Waals surface area (Å²) in [5, 5.41) is 16.8. The van der Waals surface area contributed by atoms with Crippen LogP contribution in [0.25, 0.3) is 0 Å². The maximum atomic E-state index is 13.2. The Morgan fingerprint density at radius 2 is 1.87 bits per heavy atom. The van der Waals surface area contributed by atoms with Crippen LogP contribution in [0, 0.1) is 11.3 Å². The van der Waals surface area contributed by atoms with E-state index in [1.54, 1.807) is 45.0 Å². The molecule has 122 valence electrons. The van der Waals surface area contributed by atoms with Gasteiger partial charge in [-0.15, -0.1) is 0 Å². The van der Waals surface area contributed by atoms with Crippen molar-refractivity contribution in [3.63, 3.8) is 0 Å². The van der Waals surface area contributed by atoms with Crippen LogP contribution in [0.3, 0.4) is 0 Å². The molecule has 0 aromatic heterocycles. The topological polar surface area (TPSA) is 70.0 Å². The fourth-order valence-electron chi connectivity index (χ4n) is 3.86. The van der Waals surface area contributed by atoms with Gasteiger partial charge in [0, 0.05) is 11.5 Å². The third-order valence-electron chi connectivity index (χ3n) is 5.10. The fourth-order valence-corrected chi connectivity index (χ4v) is 3.86. The summed E-state index contributed by atoms with van der Waals surface area (Å²) in [7, 11) is 0. The second-order valence-corrected chi connectivity index (χ2v) is 6.76. The summed E-state index contributed by atoms with van der Waals surface area (Å²) in [4.78, 5) is 25.7. The Balaban J connectivity index is 2.10. The van der Waals surface area contributed by atoms with Crippen molar-refractivity contribution < 1.29 is 14.7 Å². The molecule has 3 rings (SSSR count). The van der Waals surface area contributed by atoms with Crippen molar-refractivity contribution in [1.29, 1.82) is 0 Å². The maximum Gasteiger partial charge on any atom is 0.247 e. The lowest BCUT2D eigenvalue weighted by Crippen LogP contribution is -2.58. The van der Waals surface area contributed by atoms with Gasteiger partial charge in [0.2, 0.25) is 5.91 Å². The second kappa shape index (κ2) is 5.27. The van der Waals surface area contributed by atoms with E-state index in [0.29, 0.717) is 30.5 Å². The van der Waals surface area contributed by atoms with Crippen molar-refractivity contribution in [2.75, 3.05) is 0 Å². The number of amides is 1. The first-order valence-electron chi connectivity index (χ1n) is 8.06. The van der Waals surface area contributed by atoms with Gasteiger partial charge in [0.05, 0.1) is 5.71 Å². The van der Waals surface area contributed by atoms with E-state index in [1.807, 2.05) is 6.07 Å². The van der Waals surface area contributed by atoms with Gasteiger partial charge in [0.1, 0.15) is 5.41 Å². The first-order chi connectivity index (χ1) is 10.8. The van der Waals surface area contributed by atoms with Crippen molar-refractivity contribution in [3.8, 4) is 0 Å². The first-order valence-corrected chi connectivity index (χ1v) is 8.06. The number of benzene rings is 1. The van der Waals surface area contributed by atoms with Crippen LogP contribution in [0.4, 0.5) is 0 Å². The number of hydrazone groups is 1. The van der Waals surface area contributed by atoms with Gasteiger partial charge in [0.25, 0.3) is 0 Å². The Labute approximate surface area is 136 Å². The number of ketones is 1. The monoisotopic (exact) mass is 314 g/mol. The number of hydrogen-bond donors (Lipinski definition) is 1. The minimum absolute atomic E-state index is 0.154.